The standard InChI is InChI=1S/C21H25N3O5S/c1-3-24(30(2,27)28)17-10-8-16(9-11-17)20(25)22-19-7-5-4-6-18(19)21(26)23-12-14-29-15-13-23/h4-11H,3,12-15H2,1-2H3,(H,22,25). The van der Waals surface area contributed by atoms with Gasteiger partial charge in [0.15, 0.2) is 0 Å². The summed E-state index contributed by atoms with van der Waals surface area (Å²) in [6, 6.07) is 13.2. The molecule has 9 heteroatoms. The third kappa shape index (κ3) is 4.98. The second kappa shape index (κ2) is 9.27. The van der Waals surface area contributed by atoms with Gasteiger partial charge < -0.3 is 15.0 Å². The number of morpholine rings is 1. The molecule has 0 unspecified atom stereocenters. The Balaban J connectivity index is 1.77. The van der Waals surface area contributed by atoms with Crippen molar-refractivity contribution in [1.29, 1.82) is 0 Å². The van der Waals surface area contributed by atoms with E-state index in [2.05, 4.69) is 5.32 Å². The average Bonchev–Trinajstić information content (AvgIpc) is 2.74. The van der Waals surface area contributed by atoms with Crippen LogP contribution in [0.2, 0.25) is 0 Å². The van der Waals surface area contributed by atoms with Crippen molar-refractivity contribution < 1.29 is 22.7 Å². The van der Waals surface area contributed by atoms with Crippen LogP contribution < -0.4 is 9.62 Å². The quantitative estimate of drug-likeness (QED) is 0.756. The smallest absolute Gasteiger partial charge is 0.256 e. The van der Waals surface area contributed by atoms with Gasteiger partial charge in [-0.2, -0.15) is 0 Å². The molecule has 1 heterocycles. The number of sulfonamides is 1. The fourth-order valence-electron chi connectivity index (χ4n) is 3.30. The largest absolute Gasteiger partial charge is 0.378 e. The maximum absolute atomic E-state index is 12.8. The number of benzene rings is 2. The maximum Gasteiger partial charge on any atom is 0.256 e. The Hall–Kier alpha value is -2.91. The fourth-order valence-corrected chi connectivity index (χ4v) is 4.27. The van der Waals surface area contributed by atoms with Crippen molar-refractivity contribution in [2.24, 2.45) is 0 Å². The summed E-state index contributed by atoms with van der Waals surface area (Å²) in [4.78, 5) is 27.3. The Labute approximate surface area is 176 Å². The summed E-state index contributed by atoms with van der Waals surface area (Å²) in [5, 5.41) is 2.79. The lowest BCUT2D eigenvalue weighted by molar-refractivity contribution is 0.0303. The van der Waals surface area contributed by atoms with Crippen molar-refractivity contribution in [2.45, 2.75) is 6.92 Å². The van der Waals surface area contributed by atoms with Crippen LogP contribution in [0.4, 0.5) is 11.4 Å². The Morgan fingerprint density at radius 3 is 2.30 bits per heavy atom. The molecule has 0 spiro atoms. The number of nitrogens with one attached hydrogen (secondary N) is 1. The summed E-state index contributed by atoms with van der Waals surface area (Å²) in [6.07, 6.45) is 1.14. The van der Waals surface area contributed by atoms with Gasteiger partial charge in [0, 0.05) is 25.2 Å². The van der Waals surface area contributed by atoms with Crippen LogP contribution in [0.1, 0.15) is 27.6 Å². The van der Waals surface area contributed by atoms with E-state index >= 15 is 0 Å². The molecule has 1 aliphatic rings. The van der Waals surface area contributed by atoms with Crippen molar-refractivity contribution in [3.8, 4) is 0 Å². The average molecular weight is 432 g/mol. The zero-order valence-corrected chi connectivity index (χ0v) is 17.8. The van der Waals surface area contributed by atoms with Crippen molar-refractivity contribution >= 4 is 33.2 Å². The lowest BCUT2D eigenvalue weighted by atomic mass is 10.1. The minimum absolute atomic E-state index is 0.156. The Bertz CT molecular complexity index is 1020. The van der Waals surface area contributed by atoms with E-state index in [1.54, 1.807) is 60.4 Å². The van der Waals surface area contributed by atoms with Crippen molar-refractivity contribution in [3.63, 3.8) is 0 Å². The zero-order valence-electron chi connectivity index (χ0n) is 17.0. The third-order valence-corrected chi connectivity index (χ3v) is 6.08. The molecule has 30 heavy (non-hydrogen) atoms. The summed E-state index contributed by atoms with van der Waals surface area (Å²) in [5.41, 5.74) is 1.68. The van der Waals surface area contributed by atoms with Crippen LogP contribution in [-0.2, 0) is 14.8 Å². The highest BCUT2D eigenvalue weighted by molar-refractivity contribution is 7.92. The monoisotopic (exact) mass is 431 g/mol. The van der Waals surface area contributed by atoms with Gasteiger partial charge >= 0.3 is 0 Å². The summed E-state index contributed by atoms with van der Waals surface area (Å²) in [5.74, 6) is -0.539. The summed E-state index contributed by atoms with van der Waals surface area (Å²) in [6.45, 7) is 4.04. The first-order chi connectivity index (χ1) is 14.3. The number of ether oxygens (including phenoxy) is 1. The number of anilines is 2. The van der Waals surface area contributed by atoms with Gasteiger partial charge in [0.25, 0.3) is 11.8 Å². The molecule has 1 fully saturated rings. The highest BCUT2D eigenvalue weighted by Gasteiger charge is 2.22. The molecule has 1 N–H and O–H groups in total. The Morgan fingerprint density at radius 2 is 1.70 bits per heavy atom. The first-order valence-corrected chi connectivity index (χ1v) is 11.5. The SMILES string of the molecule is CCN(c1ccc(C(=O)Nc2ccccc2C(=O)N2CCOCC2)cc1)S(C)(=O)=O. The summed E-state index contributed by atoms with van der Waals surface area (Å²) < 4.78 is 30.3. The van der Waals surface area contributed by atoms with E-state index in [1.165, 1.54) is 4.31 Å². The second-order valence-corrected chi connectivity index (χ2v) is 8.79. The molecule has 3 rings (SSSR count). The zero-order chi connectivity index (χ0) is 21.7. The first kappa shape index (κ1) is 21.8. The number of amides is 2. The van der Waals surface area contributed by atoms with Gasteiger partial charge in [-0.05, 0) is 43.3 Å². The predicted octanol–water partition coefficient (Wildman–Crippen LogP) is 2.20. The normalized spacial score (nSPS) is 14.3. The van der Waals surface area contributed by atoms with Gasteiger partial charge in [-0.3, -0.25) is 13.9 Å². The summed E-state index contributed by atoms with van der Waals surface area (Å²) >= 11 is 0. The number of carbonyl (C=O) groups excluding carboxylic acids is 2. The molecular weight excluding hydrogens is 406 g/mol. The highest BCUT2D eigenvalue weighted by atomic mass is 32.2. The molecule has 0 bridgehead atoms. The van der Waals surface area contributed by atoms with Crippen molar-refractivity contribution in [3.05, 3.63) is 59.7 Å². The number of para-hydroxylation sites is 1. The maximum atomic E-state index is 12.8. The molecule has 160 valence electrons. The van der Waals surface area contributed by atoms with Crippen LogP contribution in [0.5, 0.6) is 0 Å². The molecule has 0 aromatic heterocycles. The van der Waals surface area contributed by atoms with Gasteiger partial charge in [0.2, 0.25) is 10.0 Å². The Kier molecular flexibility index (Phi) is 6.73. The van der Waals surface area contributed by atoms with Crippen LogP contribution in [0.15, 0.2) is 48.5 Å². The minimum atomic E-state index is -3.39. The van der Waals surface area contributed by atoms with E-state index in [0.29, 0.717) is 55.3 Å². The molecule has 0 radical (unpaired) electrons. The van der Waals surface area contributed by atoms with Crippen molar-refractivity contribution in [2.75, 3.05) is 48.7 Å². The van der Waals surface area contributed by atoms with Crippen LogP contribution in [0.25, 0.3) is 0 Å². The second-order valence-electron chi connectivity index (χ2n) is 6.88. The Morgan fingerprint density at radius 1 is 1.07 bits per heavy atom. The fraction of sp³-hybridized carbons (Fsp3) is 0.333. The van der Waals surface area contributed by atoms with Crippen molar-refractivity contribution in [1.82, 2.24) is 4.90 Å². The molecule has 2 amide bonds. The molecule has 2 aromatic carbocycles. The summed E-state index contributed by atoms with van der Waals surface area (Å²) in [7, 11) is -3.39. The molecule has 0 aliphatic carbocycles. The minimum Gasteiger partial charge on any atom is -0.378 e. The number of rotatable bonds is 6. The van der Waals surface area contributed by atoms with E-state index in [4.69, 9.17) is 4.74 Å². The molecule has 0 saturated carbocycles. The van der Waals surface area contributed by atoms with Gasteiger partial charge in [-0.1, -0.05) is 12.1 Å². The number of carbonyl (C=O) groups is 2. The van der Waals surface area contributed by atoms with Crippen LogP contribution >= 0.6 is 0 Å². The van der Waals surface area contributed by atoms with Gasteiger partial charge in [0.1, 0.15) is 0 Å². The lowest BCUT2D eigenvalue weighted by Crippen LogP contribution is -2.41. The van der Waals surface area contributed by atoms with Gasteiger partial charge in [-0.15, -0.1) is 0 Å². The molecular formula is C21H25N3O5S. The van der Waals surface area contributed by atoms with Gasteiger partial charge in [-0.25, -0.2) is 8.42 Å². The van der Waals surface area contributed by atoms with Crippen LogP contribution in [-0.4, -0.2) is 64.2 Å². The molecule has 0 atom stereocenters. The van der Waals surface area contributed by atoms with E-state index in [9.17, 15) is 18.0 Å². The third-order valence-electron chi connectivity index (χ3n) is 4.81. The van der Waals surface area contributed by atoms with Gasteiger partial charge in [0.05, 0.1) is 36.4 Å². The molecule has 1 aliphatic heterocycles. The number of hydrogen-bond acceptors (Lipinski definition) is 5. The molecule has 1 saturated heterocycles. The lowest BCUT2D eigenvalue weighted by Gasteiger charge is -2.27. The van der Waals surface area contributed by atoms with E-state index < -0.39 is 10.0 Å². The van der Waals surface area contributed by atoms with Crippen LogP contribution in [0.3, 0.4) is 0 Å². The first-order valence-electron chi connectivity index (χ1n) is 9.66. The predicted molar refractivity (Wildman–Crippen MR) is 115 cm³/mol. The van der Waals surface area contributed by atoms with E-state index in [1.807, 2.05) is 0 Å². The molecule has 8 nitrogen and oxygen atoms in total. The highest BCUT2D eigenvalue weighted by Crippen LogP contribution is 2.21. The molecule has 2 aromatic rings. The number of nitrogens with zero attached hydrogens (tertiary/aromatic N) is 2. The van der Waals surface area contributed by atoms with Crippen LogP contribution in [0, 0.1) is 0 Å². The van der Waals surface area contributed by atoms with E-state index in [0.717, 1.165) is 6.26 Å². The number of hydrogen-bond donors (Lipinski definition) is 1. The topological polar surface area (TPSA) is 96.0 Å². The van der Waals surface area contributed by atoms with E-state index in [-0.39, 0.29) is 11.8 Å².